The number of halogens is 1. The van der Waals surface area contributed by atoms with Gasteiger partial charge in [-0.05, 0) is 37.5 Å². The van der Waals surface area contributed by atoms with Gasteiger partial charge in [0, 0.05) is 23.8 Å². The van der Waals surface area contributed by atoms with Gasteiger partial charge in [0.15, 0.2) is 0 Å². The monoisotopic (exact) mass is 262 g/mol. The van der Waals surface area contributed by atoms with Crippen LogP contribution in [0.25, 0.3) is 5.52 Å². The number of aromatic nitrogens is 1. The Labute approximate surface area is 109 Å². The Morgan fingerprint density at radius 1 is 1.47 bits per heavy atom. The molecule has 2 heterocycles. The highest BCUT2D eigenvalue weighted by Crippen LogP contribution is 2.24. The second-order valence-corrected chi connectivity index (χ2v) is 5.09. The Morgan fingerprint density at radius 3 is 2.89 bits per heavy atom. The van der Waals surface area contributed by atoms with Crippen molar-refractivity contribution in [3.8, 4) is 5.75 Å². The van der Waals surface area contributed by atoms with Crippen LogP contribution in [-0.2, 0) is 0 Å². The Bertz CT molecular complexity index is 644. The van der Waals surface area contributed by atoms with Crippen LogP contribution >= 0.6 is 0 Å². The lowest BCUT2D eigenvalue weighted by Crippen LogP contribution is -2.45. The molecule has 0 bridgehead atoms. The molecule has 0 aliphatic heterocycles. The van der Waals surface area contributed by atoms with Gasteiger partial charge >= 0.3 is 0 Å². The Balaban J connectivity index is 1.91. The van der Waals surface area contributed by atoms with Gasteiger partial charge in [0.2, 0.25) is 0 Å². The topological polar surface area (TPSA) is 53.7 Å². The molecule has 1 aliphatic carbocycles. The van der Waals surface area contributed by atoms with E-state index in [0.29, 0.717) is 18.5 Å². The normalized spacial score (nSPS) is 22.2. The minimum Gasteiger partial charge on any atom is -0.508 e. The number of amides is 1. The number of nitrogens with one attached hydrogen (secondary N) is 1. The van der Waals surface area contributed by atoms with Crippen molar-refractivity contribution in [2.45, 2.75) is 32.0 Å². The molecule has 0 unspecified atom stereocenters. The molecule has 3 rings (SSSR count). The zero-order valence-corrected chi connectivity index (χ0v) is 10.6. The second kappa shape index (κ2) is 4.26. The third-order valence-corrected chi connectivity index (χ3v) is 3.58. The Hall–Kier alpha value is -2.04. The highest BCUT2D eigenvalue weighted by Gasteiger charge is 2.31. The van der Waals surface area contributed by atoms with Gasteiger partial charge in [-0.15, -0.1) is 0 Å². The molecule has 1 amide bonds. The summed E-state index contributed by atoms with van der Waals surface area (Å²) >= 11 is 0. The predicted molar refractivity (Wildman–Crippen MR) is 69.2 cm³/mol. The fourth-order valence-corrected chi connectivity index (χ4v) is 2.51. The van der Waals surface area contributed by atoms with Gasteiger partial charge in [0.25, 0.3) is 5.91 Å². The molecule has 0 radical (unpaired) electrons. The van der Waals surface area contributed by atoms with E-state index in [1.165, 1.54) is 6.07 Å². The standard InChI is InChI=1S/C14H15FN2O2/c1-8-4-11-7-12(18)2-3-17(11)13(8)14(19)16-10-5-9(15)6-10/h2-4,7,9-10,18H,5-6H2,1H3,(H,16,19). The molecule has 0 aromatic carbocycles. The summed E-state index contributed by atoms with van der Waals surface area (Å²) in [6.07, 6.45) is 1.67. The van der Waals surface area contributed by atoms with E-state index in [1.54, 1.807) is 16.7 Å². The molecule has 0 spiro atoms. The van der Waals surface area contributed by atoms with E-state index in [4.69, 9.17) is 0 Å². The van der Waals surface area contributed by atoms with Crippen molar-refractivity contribution < 1.29 is 14.3 Å². The van der Waals surface area contributed by atoms with E-state index in [-0.39, 0.29) is 17.7 Å². The maximum absolute atomic E-state index is 12.8. The van der Waals surface area contributed by atoms with Crippen LogP contribution in [-0.4, -0.2) is 27.6 Å². The van der Waals surface area contributed by atoms with E-state index in [0.717, 1.165) is 11.1 Å². The van der Waals surface area contributed by atoms with Crippen LogP contribution in [0.4, 0.5) is 4.39 Å². The van der Waals surface area contributed by atoms with Gasteiger partial charge < -0.3 is 14.8 Å². The first kappa shape index (κ1) is 12.0. The van der Waals surface area contributed by atoms with Gasteiger partial charge in [0.05, 0.1) is 0 Å². The first-order valence-electron chi connectivity index (χ1n) is 6.30. The van der Waals surface area contributed by atoms with Crippen LogP contribution in [0.1, 0.15) is 28.9 Å². The van der Waals surface area contributed by atoms with E-state index in [1.807, 2.05) is 13.0 Å². The summed E-state index contributed by atoms with van der Waals surface area (Å²) in [5, 5.41) is 12.3. The molecule has 19 heavy (non-hydrogen) atoms. The molecule has 1 fully saturated rings. The summed E-state index contributed by atoms with van der Waals surface area (Å²) in [6, 6.07) is 4.91. The number of nitrogens with zero attached hydrogens (tertiary/aromatic N) is 1. The summed E-state index contributed by atoms with van der Waals surface area (Å²) in [4.78, 5) is 12.2. The zero-order chi connectivity index (χ0) is 13.6. The lowest BCUT2D eigenvalue weighted by molar-refractivity contribution is 0.0854. The largest absolute Gasteiger partial charge is 0.508 e. The summed E-state index contributed by atoms with van der Waals surface area (Å²) in [7, 11) is 0. The van der Waals surface area contributed by atoms with Crippen LogP contribution in [0.3, 0.4) is 0 Å². The number of alkyl halides is 1. The van der Waals surface area contributed by atoms with Crippen molar-refractivity contribution in [3.05, 3.63) is 35.7 Å². The van der Waals surface area contributed by atoms with Crippen LogP contribution in [0.5, 0.6) is 5.75 Å². The van der Waals surface area contributed by atoms with Crippen LogP contribution in [0, 0.1) is 6.92 Å². The highest BCUT2D eigenvalue weighted by molar-refractivity contribution is 5.96. The lowest BCUT2D eigenvalue weighted by atomic mass is 9.90. The van der Waals surface area contributed by atoms with E-state index >= 15 is 0 Å². The van der Waals surface area contributed by atoms with Gasteiger partial charge in [-0.1, -0.05) is 0 Å². The van der Waals surface area contributed by atoms with Gasteiger partial charge in [0.1, 0.15) is 17.6 Å². The van der Waals surface area contributed by atoms with Crippen LogP contribution in [0.2, 0.25) is 0 Å². The number of rotatable bonds is 2. The quantitative estimate of drug-likeness (QED) is 0.871. The predicted octanol–water partition coefficient (Wildman–Crippen LogP) is 2.18. The molecule has 1 saturated carbocycles. The third-order valence-electron chi connectivity index (χ3n) is 3.58. The van der Waals surface area contributed by atoms with Crippen LogP contribution < -0.4 is 5.32 Å². The average Bonchev–Trinajstić information content (AvgIpc) is 2.62. The fraction of sp³-hybridized carbons (Fsp3) is 0.357. The number of pyridine rings is 1. The highest BCUT2D eigenvalue weighted by atomic mass is 19.1. The fourth-order valence-electron chi connectivity index (χ4n) is 2.51. The van der Waals surface area contributed by atoms with E-state index in [9.17, 15) is 14.3 Å². The summed E-state index contributed by atoms with van der Waals surface area (Å²) < 4.78 is 14.5. The molecule has 0 saturated heterocycles. The maximum Gasteiger partial charge on any atom is 0.268 e. The number of carbonyl (C=O) groups is 1. The number of aryl methyl sites for hydroxylation is 1. The van der Waals surface area contributed by atoms with Crippen molar-refractivity contribution in [3.63, 3.8) is 0 Å². The van der Waals surface area contributed by atoms with Gasteiger partial charge in [-0.2, -0.15) is 0 Å². The Kier molecular flexibility index (Phi) is 2.69. The molecule has 2 aromatic heterocycles. The number of hydrogen-bond donors (Lipinski definition) is 2. The first-order chi connectivity index (χ1) is 9.04. The zero-order valence-electron chi connectivity index (χ0n) is 10.6. The lowest BCUT2D eigenvalue weighted by Gasteiger charge is -2.30. The average molecular weight is 262 g/mol. The van der Waals surface area contributed by atoms with E-state index in [2.05, 4.69) is 5.32 Å². The Morgan fingerprint density at radius 2 is 2.21 bits per heavy atom. The summed E-state index contributed by atoms with van der Waals surface area (Å²) in [5.74, 6) is -0.0312. The molecule has 0 atom stereocenters. The molecule has 100 valence electrons. The molecule has 2 N–H and O–H groups in total. The van der Waals surface area contributed by atoms with Crippen molar-refractivity contribution in [2.24, 2.45) is 0 Å². The summed E-state index contributed by atoms with van der Waals surface area (Å²) in [5.41, 5.74) is 2.14. The van der Waals surface area contributed by atoms with Gasteiger partial charge in [-0.25, -0.2) is 4.39 Å². The third kappa shape index (κ3) is 2.05. The number of carbonyl (C=O) groups excluding carboxylic acids is 1. The van der Waals surface area contributed by atoms with Crippen molar-refractivity contribution >= 4 is 11.4 Å². The summed E-state index contributed by atoms with van der Waals surface area (Å²) in [6.45, 7) is 1.84. The van der Waals surface area contributed by atoms with Gasteiger partial charge in [-0.3, -0.25) is 4.79 Å². The number of aromatic hydroxyl groups is 1. The SMILES string of the molecule is Cc1cc2cc(O)ccn2c1C(=O)NC1CC(F)C1. The molecular formula is C14H15FN2O2. The van der Waals surface area contributed by atoms with Crippen LogP contribution in [0.15, 0.2) is 24.4 Å². The molecule has 4 nitrogen and oxygen atoms in total. The number of fused-ring (bicyclic) bond motifs is 1. The number of hydrogen-bond acceptors (Lipinski definition) is 2. The molecule has 5 heteroatoms. The minimum atomic E-state index is -0.785. The smallest absolute Gasteiger partial charge is 0.268 e. The molecule has 1 aliphatic rings. The van der Waals surface area contributed by atoms with E-state index < -0.39 is 6.17 Å². The van der Waals surface area contributed by atoms with Crippen molar-refractivity contribution in [2.75, 3.05) is 0 Å². The first-order valence-corrected chi connectivity index (χ1v) is 6.30. The maximum atomic E-state index is 12.8. The molecular weight excluding hydrogens is 247 g/mol. The minimum absolute atomic E-state index is 0.0652. The van der Waals surface area contributed by atoms with Crippen molar-refractivity contribution in [1.29, 1.82) is 0 Å². The van der Waals surface area contributed by atoms with Crippen molar-refractivity contribution in [1.82, 2.24) is 9.72 Å². The molecule has 2 aromatic rings. The second-order valence-electron chi connectivity index (χ2n) is 5.09.